The quantitative estimate of drug-likeness (QED) is 0.444. The molecule has 1 aromatic heterocycles. The molecule has 0 spiro atoms. The Hall–Kier alpha value is -2.91. The molecule has 4 rings (SSSR count). The van der Waals surface area contributed by atoms with Crippen LogP contribution in [-0.4, -0.2) is 12.1 Å². The normalized spacial score (nSPS) is 11.2. The zero-order valence-electron chi connectivity index (χ0n) is 13.8. The number of hydrogen-bond acceptors (Lipinski definition) is 3. The molecule has 0 unspecified atom stereocenters. The van der Waals surface area contributed by atoms with Crippen LogP contribution in [0.4, 0.5) is 0 Å². The molecule has 0 amide bonds. The largest absolute Gasteiger partial charge is 0.497 e. The van der Waals surface area contributed by atoms with Crippen molar-refractivity contribution in [2.24, 2.45) is 0 Å². The molecule has 25 heavy (non-hydrogen) atoms. The zero-order chi connectivity index (χ0) is 17.1. The van der Waals surface area contributed by atoms with E-state index in [-0.39, 0.29) is 0 Å². The highest BCUT2D eigenvalue weighted by Crippen LogP contribution is 2.28. The zero-order valence-corrected chi connectivity index (χ0v) is 14.7. The van der Waals surface area contributed by atoms with E-state index in [2.05, 4.69) is 65.7 Å². The lowest BCUT2D eigenvalue weighted by atomic mass is 9.99. The maximum Gasteiger partial charge on any atom is 0.118 e. The van der Waals surface area contributed by atoms with Gasteiger partial charge in [-0.2, -0.15) is 0 Å². The first-order valence-electron chi connectivity index (χ1n) is 8.10. The van der Waals surface area contributed by atoms with Gasteiger partial charge in [-0.1, -0.05) is 54.6 Å². The van der Waals surface area contributed by atoms with Gasteiger partial charge in [0, 0.05) is 0 Å². The van der Waals surface area contributed by atoms with Crippen molar-refractivity contribution in [2.45, 2.75) is 0 Å². The fourth-order valence-electron chi connectivity index (χ4n) is 2.80. The highest BCUT2D eigenvalue weighted by atomic mass is 32.1. The number of hydrogen-bond donors (Lipinski definition) is 0. The van der Waals surface area contributed by atoms with Crippen molar-refractivity contribution >= 4 is 33.7 Å². The Labute approximate surface area is 151 Å². The molecular formula is C22H17NOS. The van der Waals surface area contributed by atoms with Crippen LogP contribution >= 0.6 is 11.3 Å². The monoisotopic (exact) mass is 343 g/mol. The molecule has 0 bridgehead atoms. The van der Waals surface area contributed by atoms with Crippen LogP contribution in [0.1, 0.15) is 10.6 Å². The van der Waals surface area contributed by atoms with Gasteiger partial charge in [-0.25, -0.2) is 4.98 Å². The summed E-state index contributed by atoms with van der Waals surface area (Å²) in [5.74, 6) is 0.867. The lowest BCUT2D eigenvalue weighted by Gasteiger charge is -2.07. The van der Waals surface area contributed by atoms with Crippen LogP contribution in [0.3, 0.4) is 0 Å². The van der Waals surface area contributed by atoms with Crippen LogP contribution in [0.25, 0.3) is 33.5 Å². The smallest absolute Gasteiger partial charge is 0.118 e. The van der Waals surface area contributed by atoms with Gasteiger partial charge in [-0.15, -0.1) is 11.3 Å². The van der Waals surface area contributed by atoms with Crippen LogP contribution in [0, 0.1) is 0 Å². The molecule has 0 atom stereocenters. The van der Waals surface area contributed by atoms with Crippen LogP contribution in [0.5, 0.6) is 5.75 Å². The second-order valence-electron chi connectivity index (χ2n) is 5.67. The summed E-state index contributed by atoms with van der Waals surface area (Å²) in [6, 6.07) is 24.8. The SMILES string of the molecule is COc1ccc(-c2ccccc2/C=C/c2nc3ccccc3s2)cc1. The van der Waals surface area contributed by atoms with Crippen molar-refractivity contribution in [1.82, 2.24) is 4.98 Å². The number of rotatable bonds is 4. The highest BCUT2D eigenvalue weighted by Gasteiger charge is 2.04. The predicted octanol–water partition coefficient (Wildman–Crippen LogP) is 6.14. The predicted molar refractivity (Wildman–Crippen MR) is 107 cm³/mol. The van der Waals surface area contributed by atoms with Crippen LogP contribution < -0.4 is 4.74 Å². The van der Waals surface area contributed by atoms with Gasteiger partial charge in [0.25, 0.3) is 0 Å². The van der Waals surface area contributed by atoms with E-state index in [4.69, 9.17) is 4.74 Å². The van der Waals surface area contributed by atoms with E-state index in [1.807, 2.05) is 24.3 Å². The van der Waals surface area contributed by atoms with Gasteiger partial charge in [-0.3, -0.25) is 0 Å². The lowest BCUT2D eigenvalue weighted by Crippen LogP contribution is -1.85. The molecule has 0 aliphatic carbocycles. The van der Waals surface area contributed by atoms with E-state index in [1.54, 1.807) is 18.4 Å². The second-order valence-corrected chi connectivity index (χ2v) is 6.73. The fourth-order valence-corrected chi connectivity index (χ4v) is 3.67. The summed E-state index contributed by atoms with van der Waals surface area (Å²) in [6.45, 7) is 0. The molecule has 0 fully saturated rings. The van der Waals surface area contributed by atoms with Crippen molar-refractivity contribution in [1.29, 1.82) is 0 Å². The summed E-state index contributed by atoms with van der Waals surface area (Å²) >= 11 is 1.71. The molecule has 0 saturated carbocycles. The van der Waals surface area contributed by atoms with E-state index < -0.39 is 0 Å². The molecule has 0 saturated heterocycles. The van der Waals surface area contributed by atoms with Crippen molar-refractivity contribution in [3.05, 3.63) is 83.4 Å². The third-order valence-corrected chi connectivity index (χ3v) is 5.08. The topological polar surface area (TPSA) is 22.1 Å². The number of fused-ring (bicyclic) bond motifs is 1. The standard InChI is InChI=1S/C22H17NOS/c1-24-18-13-10-17(11-14-18)19-7-3-2-6-16(19)12-15-22-23-20-8-4-5-9-21(20)25-22/h2-15H,1H3/b15-12+. The maximum absolute atomic E-state index is 5.25. The number of para-hydroxylation sites is 1. The van der Waals surface area contributed by atoms with Crippen molar-refractivity contribution in [3.8, 4) is 16.9 Å². The summed E-state index contributed by atoms with van der Waals surface area (Å²) in [6.07, 6.45) is 4.23. The Morgan fingerprint density at radius 1 is 0.840 bits per heavy atom. The lowest BCUT2D eigenvalue weighted by molar-refractivity contribution is 0.415. The van der Waals surface area contributed by atoms with Crippen molar-refractivity contribution < 1.29 is 4.74 Å². The van der Waals surface area contributed by atoms with Gasteiger partial charge in [0.05, 0.1) is 17.3 Å². The Bertz CT molecular complexity index is 998. The Morgan fingerprint density at radius 2 is 1.60 bits per heavy atom. The van der Waals surface area contributed by atoms with Gasteiger partial charge >= 0.3 is 0 Å². The van der Waals surface area contributed by atoms with E-state index in [0.717, 1.165) is 16.3 Å². The molecule has 122 valence electrons. The summed E-state index contributed by atoms with van der Waals surface area (Å²) in [5.41, 5.74) is 4.59. The number of aromatic nitrogens is 1. The average molecular weight is 343 g/mol. The summed E-state index contributed by atoms with van der Waals surface area (Å²) in [5, 5.41) is 1.02. The minimum atomic E-state index is 0.867. The van der Waals surface area contributed by atoms with E-state index in [0.29, 0.717) is 0 Å². The Morgan fingerprint density at radius 3 is 2.40 bits per heavy atom. The Balaban J connectivity index is 1.68. The van der Waals surface area contributed by atoms with Crippen LogP contribution in [-0.2, 0) is 0 Å². The number of thiazole rings is 1. The van der Waals surface area contributed by atoms with E-state index in [1.165, 1.54) is 21.4 Å². The van der Waals surface area contributed by atoms with Crippen molar-refractivity contribution in [3.63, 3.8) is 0 Å². The van der Waals surface area contributed by atoms with Crippen molar-refractivity contribution in [2.75, 3.05) is 7.11 Å². The molecular weight excluding hydrogens is 326 g/mol. The minimum absolute atomic E-state index is 0.867. The average Bonchev–Trinajstić information content (AvgIpc) is 3.10. The van der Waals surface area contributed by atoms with E-state index >= 15 is 0 Å². The number of benzene rings is 3. The summed E-state index contributed by atoms with van der Waals surface area (Å²) in [7, 11) is 1.68. The molecule has 3 heteroatoms. The molecule has 1 heterocycles. The number of methoxy groups -OCH3 is 1. The Kier molecular flexibility index (Phi) is 4.32. The molecule has 0 radical (unpaired) electrons. The molecule has 4 aromatic rings. The number of ether oxygens (including phenoxy) is 1. The first-order valence-corrected chi connectivity index (χ1v) is 8.92. The molecule has 0 aliphatic heterocycles. The van der Waals surface area contributed by atoms with Gasteiger partial charge in [0.2, 0.25) is 0 Å². The summed E-state index contributed by atoms with van der Waals surface area (Å²) in [4.78, 5) is 4.67. The fraction of sp³-hybridized carbons (Fsp3) is 0.0455. The van der Waals surface area contributed by atoms with Gasteiger partial charge < -0.3 is 4.74 Å². The third-order valence-electron chi connectivity index (χ3n) is 4.08. The van der Waals surface area contributed by atoms with Gasteiger partial charge in [-0.05, 0) is 47.0 Å². The van der Waals surface area contributed by atoms with Crippen LogP contribution in [0.15, 0.2) is 72.8 Å². The maximum atomic E-state index is 5.25. The first-order chi connectivity index (χ1) is 12.3. The third kappa shape index (κ3) is 3.32. The van der Waals surface area contributed by atoms with E-state index in [9.17, 15) is 0 Å². The second kappa shape index (κ2) is 6.91. The molecule has 0 N–H and O–H groups in total. The molecule has 3 aromatic carbocycles. The highest BCUT2D eigenvalue weighted by molar-refractivity contribution is 7.19. The van der Waals surface area contributed by atoms with Crippen LogP contribution in [0.2, 0.25) is 0 Å². The van der Waals surface area contributed by atoms with Gasteiger partial charge in [0.15, 0.2) is 0 Å². The molecule has 0 aliphatic rings. The number of nitrogens with zero attached hydrogens (tertiary/aromatic N) is 1. The minimum Gasteiger partial charge on any atom is -0.497 e. The van der Waals surface area contributed by atoms with Gasteiger partial charge in [0.1, 0.15) is 10.8 Å². The molecule has 2 nitrogen and oxygen atoms in total. The first kappa shape index (κ1) is 15.6. The summed E-state index contributed by atoms with van der Waals surface area (Å²) < 4.78 is 6.46.